The molecule has 1 fully saturated rings. The van der Waals surface area contributed by atoms with Crippen molar-refractivity contribution in [3.63, 3.8) is 0 Å². The Morgan fingerprint density at radius 2 is 1.88 bits per heavy atom. The van der Waals surface area contributed by atoms with E-state index in [1.54, 1.807) is 18.6 Å². The topological polar surface area (TPSA) is 72.7 Å². The van der Waals surface area contributed by atoms with Crippen molar-refractivity contribution in [1.29, 1.82) is 0 Å². The number of rotatable bonds is 5. The van der Waals surface area contributed by atoms with Gasteiger partial charge in [0.15, 0.2) is 0 Å². The quantitative estimate of drug-likeness (QED) is 0.776. The molecule has 2 heterocycles. The zero-order valence-corrected chi connectivity index (χ0v) is 14.0. The second kappa shape index (κ2) is 6.47. The molecule has 0 unspecified atom stereocenters. The largest absolute Gasteiger partial charge is 0.322 e. The van der Waals surface area contributed by atoms with Crippen LogP contribution in [0.25, 0.3) is 11.4 Å². The van der Waals surface area contributed by atoms with Crippen LogP contribution < -0.4 is 5.32 Å². The highest BCUT2D eigenvalue weighted by molar-refractivity contribution is 5.93. The van der Waals surface area contributed by atoms with Gasteiger partial charge in [0.2, 0.25) is 5.91 Å². The Morgan fingerprint density at radius 1 is 1.16 bits per heavy atom. The number of anilines is 1. The van der Waals surface area contributed by atoms with Crippen molar-refractivity contribution >= 4 is 11.6 Å². The summed E-state index contributed by atoms with van der Waals surface area (Å²) < 4.78 is 1.87. The van der Waals surface area contributed by atoms with Crippen molar-refractivity contribution in [3.05, 3.63) is 60.9 Å². The van der Waals surface area contributed by atoms with Crippen LogP contribution in [0, 0.1) is 0 Å². The van der Waals surface area contributed by atoms with E-state index in [4.69, 9.17) is 0 Å². The third-order valence-electron chi connectivity index (χ3n) is 4.38. The number of amides is 1. The van der Waals surface area contributed by atoms with Crippen LogP contribution in [0.1, 0.15) is 37.5 Å². The predicted molar refractivity (Wildman–Crippen MR) is 95.0 cm³/mol. The molecular weight excluding hydrogens is 314 g/mol. The molecule has 2 aromatic heterocycles. The first-order chi connectivity index (χ1) is 12.2. The number of carbonyl (C=O) groups is 1. The van der Waals surface area contributed by atoms with E-state index in [0.717, 1.165) is 30.1 Å². The highest BCUT2D eigenvalue weighted by Gasteiger charge is 2.26. The van der Waals surface area contributed by atoms with Crippen LogP contribution in [0.4, 0.5) is 5.69 Å². The molecule has 0 radical (unpaired) electrons. The van der Waals surface area contributed by atoms with Crippen molar-refractivity contribution in [2.45, 2.75) is 31.7 Å². The minimum absolute atomic E-state index is 0.127. The van der Waals surface area contributed by atoms with Crippen LogP contribution >= 0.6 is 0 Å². The minimum atomic E-state index is -0.402. The minimum Gasteiger partial charge on any atom is -0.322 e. The third kappa shape index (κ3) is 3.28. The van der Waals surface area contributed by atoms with Gasteiger partial charge in [0.1, 0.15) is 17.7 Å². The Kier molecular flexibility index (Phi) is 4.01. The maximum absolute atomic E-state index is 12.6. The standard InChI is InChI=1S/C19H19N5O/c1-13(24-10-9-20-18(24)15-5-3-2-4-6-15)19(25)23-16-11-21-17(22-12-16)14-7-8-14/h2-6,9-14H,7-8H2,1H3,(H,23,25)/t13-/m1/s1. The van der Waals surface area contributed by atoms with Crippen LogP contribution in [0.15, 0.2) is 55.1 Å². The summed E-state index contributed by atoms with van der Waals surface area (Å²) in [6, 6.07) is 9.43. The van der Waals surface area contributed by atoms with Gasteiger partial charge in [-0.05, 0) is 19.8 Å². The molecule has 126 valence electrons. The van der Waals surface area contributed by atoms with E-state index in [1.165, 1.54) is 0 Å². The van der Waals surface area contributed by atoms with E-state index in [9.17, 15) is 4.79 Å². The fourth-order valence-corrected chi connectivity index (χ4v) is 2.76. The van der Waals surface area contributed by atoms with Gasteiger partial charge in [-0.25, -0.2) is 15.0 Å². The molecule has 1 aromatic carbocycles. The Labute approximate surface area is 146 Å². The second-order valence-corrected chi connectivity index (χ2v) is 6.29. The number of imidazole rings is 1. The first kappa shape index (κ1) is 15.5. The van der Waals surface area contributed by atoms with Gasteiger partial charge in [-0.2, -0.15) is 0 Å². The molecule has 4 rings (SSSR count). The van der Waals surface area contributed by atoms with Gasteiger partial charge in [0, 0.05) is 23.9 Å². The number of hydrogen-bond acceptors (Lipinski definition) is 4. The monoisotopic (exact) mass is 333 g/mol. The fourth-order valence-electron chi connectivity index (χ4n) is 2.76. The van der Waals surface area contributed by atoms with E-state index in [0.29, 0.717) is 11.6 Å². The lowest BCUT2D eigenvalue weighted by Gasteiger charge is -2.16. The number of carbonyl (C=O) groups excluding carboxylic acids is 1. The van der Waals surface area contributed by atoms with Crippen molar-refractivity contribution in [2.24, 2.45) is 0 Å². The first-order valence-electron chi connectivity index (χ1n) is 8.43. The summed E-state index contributed by atoms with van der Waals surface area (Å²) in [4.78, 5) is 25.7. The second-order valence-electron chi connectivity index (χ2n) is 6.29. The van der Waals surface area contributed by atoms with Gasteiger partial charge < -0.3 is 9.88 Å². The van der Waals surface area contributed by atoms with E-state index >= 15 is 0 Å². The number of nitrogens with one attached hydrogen (secondary N) is 1. The Bertz CT molecular complexity index is 868. The highest BCUT2D eigenvalue weighted by Crippen LogP contribution is 2.37. The number of aromatic nitrogens is 4. The van der Waals surface area contributed by atoms with Crippen molar-refractivity contribution in [1.82, 2.24) is 19.5 Å². The summed E-state index contributed by atoms with van der Waals surface area (Å²) in [6.45, 7) is 1.85. The highest BCUT2D eigenvalue weighted by atomic mass is 16.2. The van der Waals surface area contributed by atoms with E-state index in [1.807, 2.05) is 48.0 Å². The molecule has 6 heteroatoms. The summed E-state index contributed by atoms with van der Waals surface area (Å²) in [5.74, 6) is 2.01. The maximum Gasteiger partial charge on any atom is 0.247 e. The SMILES string of the molecule is C[C@H](C(=O)Nc1cnc(C2CC2)nc1)n1ccnc1-c1ccccc1. The Balaban J connectivity index is 1.50. The van der Waals surface area contributed by atoms with Crippen LogP contribution in [0.3, 0.4) is 0 Å². The molecule has 3 aromatic rings. The van der Waals surface area contributed by atoms with Crippen molar-refractivity contribution in [3.8, 4) is 11.4 Å². The Hall–Kier alpha value is -3.02. The van der Waals surface area contributed by atoms with Crippen LogP contribution in [0.5, 0.6) is 0 Å². The lowest BCUT2D eigenvalue weighted by molar-refractivity contribution is -0.118. The molecule has 0 bridgehead atoms. The number of benzene rings is 1. The molecule has 1 saturated carbocycles. The van der Waals surface area contributed by atoms with Crippen LogP contribution in [-0.4, -0.2) is 25.4 Å². The normalized spacial score (nSPS) is 14.9. The molecule has 1 atom stereocenters. The molecule has 1 N–H and O–H groups in total. The summed E-state index contributed by atoms with van der Waals surface area (Å²) in [7, 11) is 0. The molecule has 0 aliphatic heterocycles. The van der Waals surface area contributed by atoms with Crippen molar-refractivity contribution < 1.29 is 4.79 Å². The molecule has 6 nitrogen and oxygen atoms in total. The maximum atomic E-state index is 12.6. The fraction of sp³-hybridized carbons (Fsp3) is 0.263. The molecule has 1 aliphatic rings. The number of nitrogens with zero attached hydrogens (tertiary/aromatic N) is 4. The molecule has 1 aliphatic carbocycles. The Morgan fingerprint density at radius 3 is 2.56 bits per heavy atom. The van der Waals surface area contributed by atoms with Gasteiger partial charge in [-0.1, -0.05) is 30.3 Å². The van der Waals surface area contributed by atoms with Gasteiger partial charge in [0.25, 0.3) is 0 Å². The summed E-state index contributed by atoms with van der Waals surface area (Å²) in [6.07, 6.45) is 9.20. The van der Waals surface area contributed by atoms with Gasteiger partial charge in [-0.15, -0.1) is 0 Å². The molecule has 0 spiro atoms. The van der Waals surface area contributed by atoms with Crippen molar-refractivity contribution in [2.75, 3.05) is 5.32 Å². The molecule has 0 saturated heterocycles. The summed E-state index contributed by atoms with van der Waals surface area (Å²) in [5, 5.41) is 2.88. The van der Waals surface area contributed by atoms with Crippen LogP contribution in [0.2, 0.25) is 0 Å². The molecular formula is C19H19N5O. The predicted octanol–water partition coefficient (Wildman–Crippen LogP) is 3.42. The van der Waals surface area contributed by atoms with E-state index in [-0.39, 0.29) is 5.91 Å². The first-order valence-corrected chi connectivity index (χ1v) is 8.43. The van der Waals surface area contributed by atoms with Gasteiger partial charge in [-0.3, -0.25) is 4.79 Å². The zero-order chi connectivity index (χ0) is 17.2. The average molecular weight is 333 g/mol. The summed E-state index contributed by atoms with van der Waals surface area (Å²) >= 11 is 0. The van der Waals surface area contributed by atoms with Gasteiger partial charge in [0.05, 0.1) is 18.1 Å². The third-order valence-corrected chi connectivity index (χ3v) is 4.38. The van der Waals surface area contributed by atoms with Crippen LogP contribution in [-0.2, 0) is 4.79 Å². The summed E-state index contributed by atoms with van der Waals surface area (Å²) in [5.41, 5.74) is 1.59. The van der Waals surface area contributed by atoms with E-state index < -0.39 is 6.04 Å². The van der Waals surface area contributed by atoms with Gasteiger partial charge >= 0.3 is 0 Å². The average Bonchev–Trinajstić information content (AvgIpc) is 3.39. The lowest BCUT2D eigenvalue weighted by atomic mass is 10.2. The lowest BCUT2D eigenvalue weighted by Crippen LogP contribution is -2.24. The van der Waals surface area contributed by atoms with E-state index in [2.05, 4.69) is 20.3 Å². The number of hydrogen-bond donors (Lipinski definition) is 1. The smallest absolute Gasteiger partial charge is 0.247 e. The molecule has 1 amide bonds. The molecule has 25 heavy (non-hydrogen) atoms. The zero-order valence-electron chi connectivity index (χ0n) is 14.0.